The molecule has 110 valence electrons. The Balaban J connectivity index is 1.92. The minimum Gasteiger partial charge on any atom is -0.465 e. The summed E-state index contributed by atoms with van der Waals surface area (Å²) in [4.78, 5) is 13.1. The summed E-state index contributed by atoms with van der Waals surface area (Å²) >= 11 is 0. The van der Waals surface area contributed by atoms with Gasteiger partial charge in [-0.25, -0.2) is 0 Å². The molecule has 7 heteroatoms. The van der Waals surface area contributed by atoms with Gasteiger partial charge in [-0.1, -0.05) is 0 Å². The second kappa shape index (κ2) is 5.32. The van der Waals surface area contributed by atoms with Gasteiger partial charge in [0.05, 0.1) is 6.26 Å². The van der Waals surface area contributed by atoms with Gasteiger partial charge in [-0.15, -0.1) is 0 Å². The Hall–Kier alpha value is -1.76. The zero-order chi connectivity index (χ0) is 14.8. The number of rotatable bonds is 2. The van der Waals surface area contributed by atoms with Crippen LogP contribution in [0.2, 0.25) is 0 Å². The maximum Gasteiger partial charge on any atom is 0.417 e. The molecule has 1 N–H and O–H groups in total. The standard InChI is InChI=1S/C13H14F3NO3/c14-13(15,16)12(19)5-7-17(8-6-12)11(18)4-3-10-2-1-9-20-10/h1-4,9,19H,5-8H2/b4-3+. The van der Waals surface area contributed by atoms with Crippen molar-refractivity contribution >= 4 is 12.0 Å². The number of piperidine rings is 1. The molecule has 2 rings (SSSR count). The Morgan fingerprint density at radius 2 is 2.05 bits per heavy atom. The Kier molecular flexibility index (Phi) is 3.89. The van der Waals surface area contributed by atoms with Gasteiger partial charge in [-0.3, -0.25) is 4.79 Å². The summed E-state index contributed by atoms with van der Waals surface area (Å²) in [6.45, 7) is -0.255. The van der Waals surface area contributed by atoms with Crippen molar-refractivity contribution in [2.45, 2.75) is 24.6 Å². The average Bonchev–Trinajstić information content (AvgIpc) is 2.88. The van der Waals surface area contributed by atoms with E-state index in [1.54, 1.807) is 12.1 Å². The van der Waals surface area contributed by atoms with Gasteiger partial charge in [0, 0.05) is 32.0 Å². The summed E-state index contributed by atoms with van der Waals surface area (Å²) in [5.41, 5.74) is -2.69. The van der Waals surface area contributed by atoms with E-state index >= 15 is 0 Å². The number of amides is 1. The number of likely N-dealkylation sites (tertiary alicyclic amines) is 1. The second-order valence-electron chi connectivity index (χ2n) is 4.70. The molecule has 20 heavy (non-hydrogen) atoms. The fourth-order valence-corrected chi connectivity index (χ4v) is 2.03. The molecule has 2 heterocycles. The molecule has 1 aromatic heterocycles. The van der Waals surface area contributed by atoms with Crippen LogP contribution in [0.3, 0.4) is 0 Å². The SMILES string of the molecule is O=C(/C=C/c1ccco1)N1CCC(O)(C(F)(F)F)CC1. The monoisotopic (exact) mass is 289 g/mol. The molecule has 1 aromatic rings. The first kappa shape index (κ1) is 14.6. The number of aliphatic hydroxyl groups is 1. The summed E-state index contributed by atoms with van der Waals surface area (Å²) in [6, 6.07) is 3.32. The van der Waals surface area contributed by atoms with Crippen molar-refractivity contribution in [1.29, 1.82) is 0 Å². The maximum absolute atomic E-state index is 12.6. The average molecular weight is 289 g/mol. The van der Waals surface area contributed by atoms with Crippen LogP contribution in [0.1, 0.15) is 18.6 Å². The summed E-state index contributed by atoms with van der Waals surface area (Å²) in [5.74, 6) is 0.0905. The van der Waals surface area contributed by atoms with Crippen LogP contribution in [0.4, 0.5) is 13.2 Å². The highest BCUT2D eigenvalue weighted by molar-refractivity contribution is 5.91. The van der Waals surface area contributed by atoms with Gasteiger partial charge in [0.25, 0.3) is 0 Å². The van der Waals surface area contributed by atoms with Crippen LogP contribution >= 0.6 is 0 Å². The van der Waals surface area contributed by atoms with E-state index in [0.717, 1.165) is 0 Å². The minimum atomic E-state index is -4.66. The zero-order valence-corrected chi connectivity index (χ0v) is 10.6. The number of halogens is 3. The van der Waals surface area contributed by atoms with Crippen LogP contribution < -0.4 is 0 Å². The minimum absolute atomic E-state index is 0.128. The lowest BCUT2D eigenvalue weighted by Crippen LogP contribution is -2.54. The Bertz CT molecular complexity index is 485. The summed E-state index contributed by atoms with van der Waals surface area (Å²) in [7, 11) is 0. The molecule has 0 spiro atoms. The van der Waals surface area contributed by atoms with Crippen LogP contribution in [-0.2, 0) is 4.79 Å². The Labute approximate surface area is 113 Å². The van der Waals surface area contributed by atoms with E-state index in [9.17, 15) is 23.1 Å². The Morgan fingerprint density at radius 3 is 2.55 bits per heavy atom. The molecule has 0 atom stereocenters. The predicted octanol–water partition coefficient (Wildman–Crippen LogP) is 2.21. The number of alkyl halides is 3. The van der Waals surface area contributed by atoms with Crippen molar-refractivity contribution in [3.05, 3.63) is 30.2 Å². The van der Waals surface area contributed by atoms with E-state index in [1.165, 1.54) is 23.3 Å². The molecule has 1 fully saturated rings. The third kappa shape index (κ3) is 3.04. The van der Waals surface area contributed by atoms with Crippen molar-refractivity contribution in [1.82, 2.24) is 4.90 Å². The summed E-state index contributed by atoms with van der Waals surface area (Å²) in [5, 5.41) is 9.49. The molecular formula is C13H14F3NO3. The highest BCUT2D eigenvalue weighted by atomic mass is 19.4. The van der Waals surface area contributed by atoms with Crippen molar-refractivity contribution in [2.24, 2.45) is 0 Å². The first-order chi connectivity index (χ1) is 9.32. The fraction of sp³-hybridized carbons (Fsp3) is 0.462. The lowest BCUT2D eigenvalue weighted by molar-refractivity contribution is -0.271. The lowest BCUT2D eigenvalue weighted by atomic mass is 9.91. The number of carbonyl (C=O) groups is 1. The lowest BCUT2D eigenvalue weighted by Gasteiger charge is -2.38. The predicted molar refractivity (Wildman–Crippen MR) is 64.6 cm³/mol. The van der Waals surface area contributed by atoms with E-state index in [1.807, 2.05) is 0 Å². The largest absolute Gasteiger partial charge is 0.465 e. The summed E-state index contributed by atoms with van der Waals surface area (Å²) in [6.07, 6.45) is -1.52. The molecule has 1 amide bonds. The highest BCUT2D eigenvalue weighted by Crippen LogP contribution is 2.38. The van der Waals surface area contributed by atoms with Gasteiger partial charge in [0.1, 0.15) is 5.76 Å². The molecule has 0 aromatic carbocycles. The first-order valence-corrected chi connectivity index (χ1v) is 6.11. The van der Waals surface area contributed by atoms with Gasteiger partial charge in [0.2, 0.25) is 5.91 Å². The van der Waals surface area contributed by atoms with Gasteiger partial charge in [-0.2, -0.15) is 13.2 Å². The first-order valence-electron chi connectivity index (χ1n) is 6.11. The molecular weight excluding hydrogens is 275 g/mol. The zero-order valence-electron chi connectivity index (χ0n) is 10.6. The number of hydrogen-bond acceptors (Lipinski definition) is 3. The normalized spacial score (nSPS) is 19.5. The van der Waals surface area contributed by atoms with Gasteiger partial charge < -0.3 is 14.4 Å². The number of hydrogen-bond donors (Lipinski definition) is 1. The maximum atomic E-state index is 12.6. The number of furan rings is 1. The van der Waals surface area contributed by atoms with Crippen molar-refractivity contribution in [3.63, 3.8) is 0 Å². The van der Waals surface area contributed by atoms with Crippen LogP contribution in [0.25, 0.3) is 6.08 Å². The number of carbonyl (C=O) groups excluding carboxylic acids is 1. The van der Waals surface area contributed by atoms with E-state index in [-0.39, 0.29) is 13.1 Å². The smallest absolute Gasteiger partial charge is 0.417 e. The van der Waals surface area contributed by atoms with Crippen molar-refractivity contribution in [3.8, 4) is 0 Å². The molecule has 4 nitrogen and oxygen atoms in total. The van der Waals surface area contributed by atoms with Gasteiger partial charge in [-0.05, 0) is 18.2 Å². The third-order valence-corrected chi connectivity index (χ3v) is 3.36. The topological polar surface area (TPSA) is 53.7 Å². The van der Waals surface area contributed by atoms with Crippen LogP contribution in [0.15, 0.2) is 28.9 Å². The van der Waals surface area contributed by atoms with E-state index in [0.29, 0.717) is 5.76 Å². The fourth-order valence-electron chi connectivity index (χ4n) is 2.03. The van der Waals surface area contributed by atoms with Gasteiger partial charge in [0.15, 0.2) is 5.60 Å². The number of nitrogens with zero attached hydrogens (tertiary/aromatic N) is 1. The molecule has 0 radical (unpaired) electrons. The molecule has 0 saturated carbocycles. The highest BCUT2D eigenvalue weighted by Gasteiger charge is 2.54. The van der Waals surface area contributed by atoms with E-state index < -0.39 is 30.5 Å². The molecule has 1 aliphatic heterocycles. The van der Waals surface area contributed by atoms with Crippen LogP contribution in [0, 0.1) is 0 Å². The molecule has 0 bridgehead atoms. The Morgan fingerprint density at radius 1 is 1.40 bits per heavy atom. The third-order valence-electron chi connectivity index (χ3n) is 3.36. The van der Waals surface area contributed by atoms with Crippen LogP contribution in [-0.4, -0.2) is 40.8 Å². The van der Waals surface area contributed by atoms with Crippen molar-refractivity contribution in [2.75, 3.05) is 13.1 Å². The van der Waals surface area contributed by atoms with E-state index in [4.69, 9.17) is 4.42 Å². The molecule has 1 aliphatic rings. The van der Waals surface area contributed by atoms with Gasteiger partial charge >= 0.3 is 6.18 Å². The second-order valence-corrected chi connectivity index (χ2v) is 4.70. The van der Waals surface area contributed by atoms with E-state index in [2.05, 4.69) is 0 Å². The molecule has 1 saturated heterocycles. The van der Waals surface area contributed by atoms with Crippen molar-refractivity contribution < 1.29 is 27.5 Å². The van der Waals surface area contributed by atoms with Crippen LogP contribution in [0.5, 0.6) is 0 Å². The quantitative estimate of drug-likeness (QED) is 0.849. The molecule has 0 aliphatic carbocycles. The summed E-state index contributed by atoms with van der Waals surface area (Å²) < 4.78 is 42.8. The molecule has 0 unspecified atom stereocenters.